The third kappa shape index (κ3) is 3.47. The Labute approximate surface area is 142 Å². The van der Waals surface area contributed by atoms with Crippen LogP contribution in [-0.2, 0) is 4.79 Å². The van der Waals surface area contributed by atoms with Gasteiger partial charge in [-0.2, -0.15) is 0 Å². The van der Waals surface area contributed by atoms with Crippen LogP contribution in [0.3, 0.4) is 0 Å². The number of carbonyl (C=O) groups excluding carboxylic acids is 2. The van der Waals surface area contributed by atoms with Crippen LogP contribution >= 0.6 is 0 Å². The van der Waals surface area contributed by atoms with Crippen LogP contribution in [0.25, 0.3) is 0 Å². The van der Waals surface area contributed by atoms with Gasteiger partial charge in [0.2, 0.25) is 5.91 Å². The first-order valence-corrected chi connectivity index (χ1v) is 8.48. The number of hydrogen-bond donors (Lipinski definition) is 3. The van der Waals surface area contributed by atoms with E-state index in [1.807, 2.05) is 31.2 Å². The van der Waals surface area contributed by atoms with Gasteiger partial charge >= 0.3 is 6.03 Å². The van der Waals surface area contributed by atoms with Crippen molar-refractivity contribution < 1.29 is 14.3 Å². The number of urea groups is 1. The second-order valence-corrected chi connectivity index (χ2v) is 6.87. The molecule has 5 atom stereocenters. The molecule has 24 heavy (non-hydrogen) atoms. The predicted octanol–water partition coefficient (Wildman–Crippen LogP) is 1.83. The molecule has 1 aliphatic carbocycles. The number of hydrogen-bond acceptors (Lipinski definition) is 3. The van der Waals surface area contributed by atoms with E-state index in [0.29, 0.717) is 12.5 Å². The Balaban J connectivity index is 1.55. The lowest BCUT2D eigenvalue weighted by molar-refractivity contribution is -0.123. The summed E-state index contributed by atoms with van der Waals surface area (Å²) in [6, 6.07) is 7.62. The molecule has 6 nitrogen and oxygen atoms in total. The van der Waals surface area contributed by atoms with E-state index >= 15 is 0 Å². The third-order valence-electron chi connectivity index (χ3n) is 5.11. The lowest BCUT2D eigenvalue weighted by Gasteiger charge is -2.31. The molecule has 1 heterocycles. The number of benzene rings is 1. The maximum atomic E-state index is 12.5. The quantitative estimate of drug-likeness (QED) is 0.770. The molecule has 2 aliphatic rings. The van der Waals surface area contributed by atoms with Crippen LogP contribution in [0.15, 0.2) is 24.3 Å². The van der Waals surface area contributed by atoms with Crippen LogP contribution in [0.1, 0.15) is 31.9 Å². The van der Waals surface area contributed by atoms with E-state index < -0.39 is 0 Å². The molecule has 1 saturated carbocycles. The minimum atomic E-state index is -0.129. The van der Waals surface area contributed by atoms with Gasteiger partial charge in [-0.1, -0.05) is 19.1 Å². The summed E-state index contributed by atoms with van der Waals surface area (Å²) < 4.78 is 5.15. The molecule has 0 spiro atoms. The lowest BCUT2D eigenvalue weighted by Crippen LogP contribution is -2.55. The first kappa shape index (κ1) is 16.6. The number of rotatable bonds is 5. The molecule has 130 valence electrons. The summed E-state index contributed by atoms with van der Waals surface area (Å²) in [6.45, 7) is 4.75. The monoisotopic (exact) mass is 331 g/mol. The van der Waals surface area contributed by atoms with Gasteiger partial charge in [-0.15, -0.1) is 0 Å². The average molecular weight is 331 g/mol. The molecule has 0 aromatic heterocycles. The van der Waals surface area contributed by atoms with Crippen molar-refractivity contribution in [1.29, 1.82) is 0 Å². The van der Waals surface area contributed by atoms with Crippen LogP contribution in [0.4, 0.5) is 4.79 Å². The summed E-state index contributed by atoms with van der Waals surface area (Å²) in [5.41, 5.74) is 1.05. The maximum absolute atomic E-state index is 12.5. The van der Waals surface area contributed by atoms with Crippen LogP contribution in [-0.4, -0.2) is 31.6 Å². The highest BCUT2D eigenvalue weighted by Crippen LogP contribution is 2.44. The van der Waals surface area contributed by atoms with Crippen molar-refractivity contribution in [2.75, 3.05) is 13.7 Å². The second kappa shape index (κ2) is 6.71. The van der Waals surface area contributed by atoms with Crippen molar-refractivity contribution >= 4 is 11.9 Å². The van der Waals surface area contributed by atoms with Crippen molar-refractivity contribution in [3.05, 3.63) is 29.8 Å². The predicted molar refractivity (Wildman–Crippen MR) is 90.6 cm³/mol. The first-order chi connectivity index (χ1) is 11.5. The Kier molecular flexibility index (Phi) is 4.64. The molecule has 1 aliphatic heterocycles. The number of amides is 3. The molecule has 1 aromatic rings. The molecular weight excluding hydrogens is 306 g/mol. The van der Waals surface area contributed by atoms with E-state index in [1.54, 1.807) is 7.11 Å². The molecule has 1 aromatic carbocycles. The lowest BCUT2D eigenvalue weighted by atomic mass is 9.94. The molecule has 3 N–H and O–H groups in total. The Morgan fingerprint density at radius 2 is 2.04 bits per heavy atom. The Morgan fingerprint density at radius 3 is 2.71 bits per heavy atom. The number of nitrogens with one attached hydrogen (secondary N) is 3. The molecule has 1 saturated heterocycles. The highest BCUT2D eigenvalue weighted by atomic mass is 16.5. The van der Waals surface area contributed by atoms with Crippen molar-refractivity contribution in [2.45, 2.75) is 32.4 Å². The highest BCUT2D eigenvalue weighted by Gasteiger charge is 2.50. The van der Waals surface area contributed by atoms with Gasteiger partial charge in [0.05, 0.1) is 13.2 Å². The van der Waals surface area contributed by atoms with Gasteiger partial charge in [0.1, 0.15) is 5.75 Å². The van der Waals surface area contributed by atoms with Gasteiger partial charge in [-0.25, -0.2) is 4.79 Å². The smallest absolute Gasteiger partial charge is 0.315 e. The van der Waals surface area contributed by atoms with E-state index in [1.165, 1.54) is 0 Å². The second-order valence-electron chi connectivity index (χ2n) is 6.87. The first-order valence-electron chi connectivity index (χ1n) is 8.48. The van der Waals surface area contributed by atoms with Crippen molar-refractivity contribution in [3.8, 4) is 5.75 Å². The zero-order chi connectivity index (χ0) is 17.3. The molecular formula is C18H25N3O3. The standard InChI is InChI=1S/C18H25N3O3/c1-10-9-19-18(23)21-16(10)14-8-15(14)17(22)20-11(2)12-4-6-13(24-3)7-5-12/h4-7,10-11,14-16H,8-9H2,1-3H3,(H,20,22)(H2,19,21,23)/t10?,11-,14?,15?,16?/m0/s1. The zero-order valence-corrected chi connectivity index (χ0v) is 14.3. The fourth-order valence-corrected chi connectivity index (χ4v) is 3.46. The van der Waals surface area contributed by atoms with E-state index in [2.05, 4.69) is 22.9 Å². The highest BCUT2D eigenvalue weighted by molar-refractivity contribution is 5.82. The minimum Gasteiger partial charge on any atom is -0.497 e. The Hall–Kier alpha value is -2.24. The largest absolute Gasteiger partial charge is 0.497 e. The fourth-order valence-electron chi connectivity index (χ4n) is 3.46. The zero-order valence-electron chi connectivity index (χ0n) is 14.3. The van der Waals surface area contributed by atoms with Crippen LogP contribution in [0, 0.1) is 17.8 Å². The molecule has 3 rings (SSSR count). The Bertz CT molecular complexity index is 616. The summed E-state index contributed by atoms with van der Waals surface area (Å²) >= 11 is 0. The van der Waals surface area contributed by atoms with Gasteiger partial charge in [-0.3, -0.25) is 4.79 Å². The maximum Gasteiger partial charge on any atom is 0.315 e. The Morgan fingerprint density at radius 1 is 1.33 bits per heavy atom. The summed E-state index contributed by atoms with van der Waals surface area (Å²) in [7, 11) is 1.63. The van der Waals surface area contributed by atoms with Gasteiger partial charge in [0, 0.05) is 18.5 Å². The number of methoxy groups -OCH3 is 1. The van der Waals surface area contributed by atoms with Gasteiger partial charge < -0.3 is 20.7 Å². The summed E-state index contributed by atoms with van der Waals surface area (Å²) in [4.78, 5) is 24.0. The van der Waals surface area contributed by atoms with E-state index in [9.17, 15) is 9.59 Å². The molecule has 4 unspecified atom stereocenters. The molecule has 0 bridgehead atoms. The van der Waals surface area contributed by atoms with Crippen molar-refractivity contribution in [1.82, 2.24) is 16.0 Å². The summed E-state index contributed by atoms with van der Waals surface area (Å²) in [5.74, 6) is 1.45. The summed E-state index contributed by atoms with van der Waals surface area (Å²) in [5, 5.41) is 8.84. The normalized spacial score (nSPS) is 29.9. The molecule has 0 radical (unpaired) electrons. The summed E-state index contributed by atoms with van der Waals surface area (Å²) in [6.07, 6.45) is 0.844. The molecule has 2 fully saturated rings. The molecule has 3 amide bonds. The topological polar surface area (TPSA) is 79.5 Å². The third-order valence-corrected chi connectivity index (χ3v) is 5.11. The van der Waals surface area contributed by atoms with Crippen LogP contribution in [0.5, 0.6) is 5.75 Å². The average Bonchev–Trinajstić information content (AvgIpc) is 3.37. The van der Waals surface area contributed by atoms with Crippen LogP contribution in [0.2, 0.25) is 0 Å². The minimum absolute atomic E-state index is 0.00320. The fraction of sp³-hybridized carbons (Fsp3) is 0.556. The SMILES string of the molecule is COc1ccc([C@H](C)NC(=O)C2CC2C2NC(=O)NCC2C)cc1. The van der Waals surface area contributed by atoms with E-state index in [0.717, 1.165) is 17.7 Å². The van der Waals surface area contributed by atoms with Gasteiger partial charge in [-0.05, 0) is 42.9 Å². The van der Waals surface area contributed by atoms with Crippen LogP contribution < -0.4 is 20.7 Å². The van der Waals surface area contributed by atoms with Gasteiger partial charge in [0.25, 0.3) is 0 Å². The number of ether oxygens (including phenoxy) is 1. The van der Waals surface area contributed by atoms with Gasteiger partial charge in [0.15, 0.2) is 0 Å². The molecule has 6 heteroatoms. The van der Waals surface area contributed by atoms with Crippen molar-refractivity contribution in [2.24, 2.45) is 17.8 Å². The van der Waals surface area contributed by atoms with E-state index in [-0.39, 0.29) is 35.9 Å². The van der Waals surface area contributed by atoms with Crippen molar-refractivity contribution in [3.63, 3.8) is 0 Å². The van der Waals surface area contributed by atoms with E-state index in [4.69, 9.17) is 4.74 Å². The number of carbonyl (C=O) groups is 2.